The second kappa shape index (κ2) is 11.6. The summed E-state index contributed by atoms with van der Waals surface area (Å²) in [5.74, 6) is 0.622. The van der Waals surface area contributed by atoms with Gasteiger partial charge in [0.05, 0.1) is 11.8 Å². The van der Waals surface area contributed by atoms with Crippen LogP contribution in [0.15, 0.2) is 53.2 Å². The standard InChI is InChI=1S/C27H29F6N5O2/c28-26(29,30)18-9-12-24(34-14-18)38-13-3-4-19(16-38)36-21-5-1-2-6-22(21)37-25-35-15-23(39-25)17-7-10-20(11-8-17)40-27(31,32)33/h7-12,14-15,19,21-22,36H,1-6,13,16H2,(H,35,37). The number of hydrogen-bond acceptors (Lipinski definition) is 7. The van der Waals surface area contributed by atoms with Gasteiger partial charge in [-0.1, -0.05) is 12.8 Å². The van der Waals surface area contributed by atoms with Crippen LogP contribution in [0.2, 0.25) is 0 Å². The number of rotatable bonds is 7. The molecule has 0 radical (unpaired) electrons. The second-order valence-electron chi connectivity index (χ2n) is 10.1. The Bertz CT molecular complexity index is 1250. The molecule has 1 saturated carbocycles. The highest BCUT2D eigenvalue weighted by Crippen LogP contribution is 2.31. The Morgan fingerprint density at radius 2 is 1.60 bits per heavy atom. The Kier molecular flexibility index (Phi) is 8.11. The summed E-state index contributed by atoms with van der Waals surface area (Å²) in [6.07, 6.45) is -1.00. The molecule has 0 bridgehead atoms. The van der Waals surface area contributed by atoms with E-state index in [0.29, 0.717) is 29.7 Å². The maximum atomic E-state index is 12.9. The number of anilines is 2. The van der Waals surface area contributed by atoms with Gasteiger partial charge in [0.25, 0.3) is 6.01 Å². The third kappa shape index (κ3) is 7.18. The molecule has 2 aromatic heterocycles. The highest BCUT2D eigenvalue weighted by atomic mass is 19.4. The van der Waals surface area contributed by atoms with Gasteiger partial charge >= 0.3 is 12.5 Å². The van der Waals surface area contributed by atoms with Crippen LogP contribution in [0.4, 0.5) is 38.2 Å². The first kappa shape index (κ1) is 28.1. The molecule has 1 aromatic carbocycles. The van der Waals surface area contributed by atoms with Crippen molar-refractivity contribution >= 4 is 11.8 Å². The Morgan fingerprint density at radius 1 is 0.850 bits per heavy atom. The average molecular weight is 570 g/mol. The molecule has 13 heteroatoms. The van der Waals surface area contributed by atoms with E-state index in [1.165, 1.54) is 36.5 Å². The fraction of sp³-hybridized carbons (Fsp3) is 0.481. The van der Waals surface area contributed by atoms with Gasteiger partial charge in [0.2, 0.25) is 0 Å². The minimum absolute atomic E-state index is 0.0439. The van der Waals surface area contributed by atoms with Gasteiger partial charge in [0.15, 0.2) is 5.76 Å². The number of ether oxygens (including phenoxy) is 1. The number of aromatic nitrogens is 2. The summed E-state index contributed by atoms with van der Waals surface area (Å²) in [4.78, 5) is 10.4. The van der Waals surface area contributed by atoms with E-state index >= 15 is 0 Å². The molecular formula is C27H29F6N5O2. The van der Waals surface area contributed by atoms with Gasteiger partial charge in [-0.05, 0) is 62.1 Å². The Morgan fingerprint density at radius 3 is 2.27 bits per heavy atom. The van der Waals surface area contributed by atoms with Gasteiger partial charge in [0, 0.05) is 43.0 Å². The van der Waals surface area contributed by atoms with Gasteiger partial charge < -0.3 is 24.7 Å². The van der Waals surface area contributed by atoms with E-state index in [2.05, 4.69) is 25.3 Å². The maximum Gasteiger partial charge on any atom is 0.573 e. The monoisotopic (exact) mass is 569 g/mol. The number of nitrogens with one attached hydrogen (secondary N) is 2. The van der Waals surface area contributed by atoms with Crippen molar-refractivity contribution in [3.8, 4) is 17.1 Å². The Hall–Kier alpha value is -3.48. The Labute approximate surface area is 226 Å². The van der Waals surface area contributed by atoms with E-state index in [0.717, 1.165) is 57.3 Å². The Balaban J connectivity index is 1.19. The first-order chi connectivity index (χ1) is 19.0. The molecule has 1 aliphatic heterocycles. The fourth-order valence-electron chi connectivity index (χ4n) is 5.32. The van der Waals surface area contributed by atoms with E-state index in [9.17, 15) is 26.3 Å². The highest BCUT2D eigenvalue weighted by Gasteiger charge is 2.33. The lowest BCUT2D eigenvalue weighted by molar-refractivity contribution is -0.274. The van der Waals surface area contributed by atoms with Gasteiger partial charge in [-0.2, -0.15) is 13.2 Å². The van der Waals surface area contributed by atoms with Gasteiger partial charge in [-0.15, -0.1) is 13.2 Å². The number of piperidine rings is 1. The number of halogens is 6. The first-order valence-corrected chi connectivity index (χ1v) is 13.2. The fourth-order valence-corrected chi connectivity index (χ4v) is 5.32. The molecule has 3 unspecified atom stereocenters. The molecule has 3 aromatic rings. The molecule has 2 N–H and O–H groups in total. The number of pyridine rings is 1. The van der Waals surface area contributed by atoms with Crippen LogP contribution in [-0.4, -0.2) is 47.5 Å². The number of hydrogen-bond donors (Lipinski definition) is 2. The van der Waals surface area contributed by atoms with E-state index in [4.69, 9.17) is 4.42 Å². The molecular weight excluding hydrogens is 540 g/mol. The summed E-state index contributed by atoms with van der Waals surface area (Å²) in [6, 6.07) is 8.50. The number of benzene rings is 1. The average Bonchev–Trinajstić information content (AvgIpc) is 3.38. The van der Waals surface area contributed by atoms with Gasteiger partial charge in [-0.25, -0.2) is 9.97 Å². The van der Waals surface area contributed by atoms with Crippen LogP contribution in [-0.2, 0) is 6.18 Å². The molecule has 5 rings (SSSR count). The summed E-state index contributed by atoms with van der Waals surface area (Å²) >= 11 is 0. The van der Waals surface area contributed by atoms with Crippen LogP contribution in [0.1, 0.15) is 44.1 Å². The molecule has 0 amide bonds. The molecule has 3 atom stereocenters. The van der Waals surface area contributed by atoms with Crippen LogP contribution in [0.25, 0.3) is 11.3 Å². The molecule has 40 heavy (non-hydrogen) atoms. The zero-order valence-corrected chi connectivity index (χ0v) is 21.4. The minimum atomic E-state index is -4.76. The minimum Gasteiger partial charge on any atom is -0.424 e. The lowest BCUT2D eigenvalue weighted by atomic mass is 9.89. The van der Waals surface area contributed by atoms with Crippen LogP contribution in [0.5, 0.6) is 5.75 Å². The predicted octanol–water partition coefficient (Wildman–Crippen LogP) is 6.64. The first-order valence-electron chi connectivity index (χ1n) is 13.2. The molecule has 2 fully saturated rings. The van der Waals surface area contributed by atoms with Crippen LogP contribution < -0.4 is 20.3 Å². The molecule has 216 valence electrons. The molecule has 2 aliphatic rings. The van der Waals surface area contributed by atoms with Crippen molar-refractivity contribution in [2.75, 3.05) is 23.3 Å². The topological polar surface area (TPSA) is 75.5 Å². The zero-order valence-electron chi connectivity index (χ0n) is 21.4. The van der Waals surface area contributed by atoms with Crippen LogP contribution in [0, 0.1) is 0 Å². The maximum absolute atomic E-state index is 12.9. The summed E-state index contributed by atoms with van der Waals surface area (Å²) < 4.78 is 85.7. The van der Waals surface area contributed by atoms with Crippen molar-refractivity contribution in [3.63, 3.8) is 0 Å². The van der Waals surface area contributed by atoms with Crippen molar-refractivity contribution in [1.82, 2.24) is 15.3 Å². The largest absolute Gasteiger partial charge is 0.573 e. The molecule has 1 saturated heterocycles. The molecule has 7 nitrogen and oxygen atoms in total. The van der Waals surface area contributed by atoms with Gasteiger partial charge in [-0.3, -0.25) is 0 Å². The molecule has 3 heterocycles. The third-order valence-corrected chi connectivity index (χ3v) is 7.22. The molecule has 1 aliphatic carbocycles. The predicted molar refractivity (Wildman–Crippen MR) is 136 cm³/mol. The smallest absolute Gasteiger partial charge is 0.424 e. The van der Waals surface area contributed by atoms with Crippen molar-refractivity contribution in [1.29, 1.82) is 0 Å². The summed E-state index contributed by atoms with van der Waals surface area (Å²) in [6.45, 7) is 1.37. The van der Waals surface area contributed by atoms with Crippen molar-refractivity contribution in [2.45, 2.75) is 69.2 Å². The third-order valence-electron chi connectivity index (χ3n) is 7.22. The number of oxazole rings is 1. The normalized spacial score (nSPS) is 22.2. The van der Waals surface area contributed by atoms with Crippen molar-refractivity contribution in [3.05, 3.63) is 54.4 Å². The summed E-state index contributed by atoms with van der Waals surface area (Å²) in [7, 11) is 0. The van der Waals surface area contributed by atoms with E-state index in [-0.39, 0.29) is 23.9 Å². The van der Waals surface area contributed by atoms with E-state index in [1.807, 2.05) is 4.90 Å². The van der Waals surface area contributed by atoms with Crippen LogP contribution >= 0.6 is 0 Å². The summed E-state index contributed by atoms with van der Waals surface area (Å²) in [5.41, 5.74) is -0.200. The highest BCUT2D eigenvalue weighted by molar-refractivity contribution is 5.58. The quantitative estimate of drug-likeness (QED) is 0.309. The van der Waals surface area contributed by atoms with E-state index in [1.54, 1.807) is 0 Å². The lowest BCUT2D eigenvalue weighted by Crippen LogP contribution is -2.55. The second-order valence-corrected chi connectivity index (χ2v) is 10.1. The van der Waals surface area contributed by atoms with Gasteiger partial charge in [0.1, 0.15) is 11.6 Å². The summed E-state index contributed by atoms with van der Waals surface area (Å²) in [5, 5.41) is 7.11. The zero-order chi connectivity index (χ0) is 28.3. The van der Waals surface area contributed by atoms with E-state index < -0.39 is 18.1 Å². The number of alkyl halides is 6. The number of nitrogens with zero attached hydrogens (tertiary/aromatic N) is 3. The molecule has 0 spiro atoms. The van der Waals surface area contributed by atoms with Crippen LogP contribution in [0.3, 0.4) is 0 Å². The van der Waals surface area contributed by atoms with Crippen molar-refractivity contribution in [2.24, 2.45) is 0 Å². The SMILES string of the molecule is FC(F)(F)Oc1ccc(-c2cnc(NC3CCCCC3NC3CCCN(c4ccc(C(F)(F)F)cn4)C3)o2)cc1. The lowest BCUT2D eigenvalue weighted by Gasteiger charge is -2.39. The van der Waals surface area contributed by atoms with Crippen molar-refractivity contribution < 1.29 is 35.5 Å².